The standard InChI is InChI=1S/C32H35FN6O6/c33-25-17-23-24(31(43)38(30(23)42)26-5-6-28(40)34-29(26)41)18-27(25)37-11-9-32(10-12-37)8-7-22(19-32)36-15-13-35(14-16-36)20-1-3-21(4-2-20)39(44)45/h1-4,17-18,22,26H,5-16,19H2,(H,34,40,41). The molecule has 45 heavy (non-hydrogen) atoms. The van der Waals surface area contributed by atoms with Gasteiger partial charge in [-0.3, -0.25) is 44.4 Å². The van der Waals surface area contributed by atoms with Gasteiger partial charge in [0, 0.05) is 69.6 Å². The van der Waals surface area contributed by atoms with E-state index in [2.05, 4.69) is 15.1 Å². The van der Waals surface area contributed by atoms with Gasteiger partial charge in [-0.05, 0) is 68.2 Å². The molecule has 0 radical (unpaired) electrons. The summed E-state index contributed by atoms with van der Waals surface area (Å²) in [5, 5.41) is 13.2. The number of rotatable bonds is 5. The van der Waals surface area contributed by atoms with E-state index in [1.54, 1.807) is 12.1 Å². The average molecular weight is 619 g/mol. The molecule has 4 amide bonds. The summed E-state index contributed by atoms with van der Waals surface area (Å²) in [6, 6.07) is 8.72. The lowest BCUT2D eigenvalue weighted by molar-refractivity contribution is -0.384. The molecule has 0 bridgehead atoms. The Morgan fingerprint density at radius 1 is 0.844 bits per heavy atom. The third-order valence-corrected chi connectivity index (χ3v) is 10.6. The fourth-order valence-electron chi connectivity index (χ4n) is 8.02. The number of carbonyl (C=O) groups is 4. The summed E-state index contributed by atoms with van der Waals surface area (Å²) < 4.78 is 15.4. The maximum absolute atomic E-state index is 15.4. The lowest BCUT2D eigenvalue weighted by Gasteiger charge is -2.42. The van der Waals surface area contributed by atoms with Crippen molar-refractivity contribution in [1.29, 1.82) is 0 Å². The van der Waals surface area contributed by atoms with Gasteiger partial charge in [-0.1, -0.05) is 0 Å². The number of benzene rings is 2. The van der Waals surface area contributed by atoms with Crippen LogP contribution in [0.4, 0.5) is 21.5 Å². The number of carbonyl (C=O) groups excluding carboxylic acids is 4. The summed E-state index contributed by atoms with van der Waals surface area (Å²) in [6.45, 7) is 4.91. The zero-order valence-electron chi connectivity index (χ0n) is 24.9. The molecule has 2 atom stereocenters. The Labute approximate surface area is 259 Å². The highest BCUT2D eigenvalue weighted by molar-refractivity contribution is 6.23. The van der Waals surface area contributed by atoms with Gasteiger partial charge in [-0.2, -0.15) is 0 Å². The molecular formula is C32H35FN6O6. The zero-order valence-corrected chi connectivity index (χ0v) is 24.9. The van der Waals surface area contributed by atoms with Gasteiger partial charge in [0.25, 0.3) is 17.5 Å². The number of non-ortho nitro benzene ring substituents is 1. The van der Waals surface area contributed by atoms with Crippen molar-refractivity contribution in [2.75, 3.05) is 49.1 Å². The van der Waals surface area contributed by atoms with Gasteiger partial charge in [-0.15, -0.1) is 0 Å². The maximum atomic E-state index is 15.4. The molecule has 13 heteroatoms. The number of halogens is 1. The fourth-order valence-corrected chi connectivity index (χ4v) is 8.02. The topological polar surface area (TPSA) is 136 Å². The fraction of sp³-hybridized carbons (Fsp3) is 0.500. The number of piperidine rings is 2. The molecule has 3 saturated heterocycles. The molecule has 0 aromatic heterocycles. The number of fused-ring (bicyclic) bond motifs is 1. The lowest BCUT2D eigenvalue weighted by Crippen LogP contribution is -2.54. The Balaban J connectivity index is 0.961. The molecule has 1 saturated carbocycles. The zero-order chi connectivity index (χ0) is 31.5. The van der Waals surface area contributed by atoms with E-state index in [4.69, 9.17) is 0 Å². The molecule has 7 rings (SSSR count). The van der Waals surface area contributed by atoms with Crippen LogP contribution in [0, 0.1) is 21.3 Å². The number of imide groups is 2. The molecule has 4 heterocycles. The first-order chi connectivity index (χ1) is 21.6. The minimum atomic E-state index is -1.09. The Hall–Kier alpha value is -4.39. The monoisotopic (exact) mass is 618 g/mol. The van der Waals surface area contributed by atoms with Crippen molar-refractivity contribution in [3.8, 4) is 0 Å². The van der Waals surface area contributed by atoms with Gasteiger partial charge in [-0.25, -0.2) is 4.39 Å². The second kappa shape index (κ2) is 11.2. The van der Waals surface area contributed by atoms with Crippen molar-refractivity contribution in [2.24, 2.45) is 5.41 Å². The molecule has 4 fully saturated rings. The van der Waals surface area contributed by atoms with Crippen LogP contribution in [0.3, 0.4) is 0 Å². The second-order valence-corrected chi connectivity index (χ2v) is 13.0. The predicted molar refractivity (Wildman–Crippen MR) is 161 cm³/mol. The van der Waals surface area contributed by atoms with E-state index in [0.29, 0.717) is 24.8 Å². The molecule has 1 spiro atoms. The van der Waals surface area contributed by atoms with Crippen molar-refractivity contribution in [2.45, 2.75) is 57.0 Å². The Bertz CT molecular complexity index is 1580. The molecule has 4 aliphatic heterocycles. The number of nitro benzene ring substituents is 1. The van der Waals surface area contributed by atoms with Crippen LogP contribution in [0.15, 0.2) is 36.4 Å². The van der Waals surface area contributed by atoms with E-state index in [0.717, 1.165) is 74.9 Å². The van der Waals surface area contributed by atoms with Crippen LogP contribution in [-0.2, 0) is 9.59 Å². The lowest BCUT2D eigenvalue weighted by atomic mass is 9.76. The van der Waals surface area contributed by atoms with Crippen molar-refractivity contribution in [1.82, 2.24) is 15.1 Å². The number of piperazine rings is 1. The normalized spacial score (nSPS) is 25.2. The largest absolute Gasteiger partial charge is 0.369 e. The van der Waals surface area contributed by atoms with Crippen LogP contribution < -0.4 is 15.1 Å². The van der Waals surface area contributed by atoms with Gasteiger partial charge in [0.05, 0.1) is 21.7 Å². The highest BCUT2D eigenvalue weighted by atomic mass is 19.1. The van der Waals surface area contributed by atoms with Gasteiger partial charge in [0.15, 0.2) is 0 Å². The van der Waals surface area contributed by atoms with E-state index in [-0.39, 0.29) is 40.0 Å². The summed E-state index contributed by atoms with van der Waals surface area (Å²) in [5.41, 5.74) is 1.63. The molecule has 12 nitrogen and oxygen atoms in total. The van der Waals surface area contributed by atoms with Crippen molar-refractivity contribution >= 4 is 40.7 Å². The van der Waals surface area contributed by atoms with Crippen LogP contribution >= 0.6 is 0 Å². The van der Waals surface area contributed by atoms with Crippen LogP contribution in [0.5, 0.6) is 0 Å². The van der Waals surface area contributed by atoms with Gasteiger partial charge < -0.3 is 9.80 Å². The summed E-state index contributed by atoms with van der Waals surface area (Å²) in [6.07, 6.45) is 5.25. The maximum Gasteiger partial charge on any atom is 0.269 e. The molecule has 2 aromatic carbocycles. The number of nitrogens with one attached hydrogen (secondary N) is 1. The first-order valence-corrected chi connectivity index (χ1v) is 15.7. The number of nitrogens with zero attached hydrogens (tertiary/aromatic N) is 5. The Morgan fingerprint density at radius 3 is 2.16 bits per heavy atom. The van der Waals surface area contributed by atoms with Crippen molar-refractivity contribution in [3.63, 3.8) is 0 Å². The molecule has 1 N–H and O–H groups in total. The summed E-state index contributed by atoms with van der Waals surface area (Å²) in [7, 11) is 0. The second-order valence-electron chi connectivity index (χ2n) is 13.0. The summed E-state index contributed by atoms with van der Waals surface area (Å²) in [4.78, 5) is 68.5. The number of hydrogen-bond acceptors (Lipinski definition) is 9. The van der Waals surface area contributed by atoms with E-state index in [9.17, 15) is 29.3 Å². The Morgan fingerprint density at radius 2 is 1.51 bits per heavy atom. The number of anilines is 2. The summed E-state index contributed by atoms with van der Waals surface area (Å²) >= 11 is 0. The highest BCUT2D eigenvalue weighted by Crippen LogP contribution is 2.49. The number of nitro groups is 1. The highest BCUT2D eigenvalue weighted by Gasteiger charge is 2.47. The van der Waals surface area contributed by atoms with Crippen LogP contribution in [-0.4, -0.2) is 89.7 Å². The van der Waals surface area contributed by atoms with Gasteiger partial charge in [0.1, 0.15) is 11.9 Å². The molecule has 5 aliphatic rings. The SMILES string of the molecule is O=C1CCC(N2C(=O)c3cc(F)c(N4CCC5(CCC(N6CCN(c7ccc([N+](=O)[O-])cc7)CC6)C5)CC4)cc3C2=O)C(=O)N1. The van der Waals surface area contributed by atoms with E-state index < -0.39 is 35.5 Å². The average Bonchev–Trinajstić information content (AvgIpc) is 3.55. The van der Waals surface area contributed by atoms with Crippen LogP contribution in [0.25, 0.3) is 0 Å². The van der Waals surface area contributed by atoms with Gasteiger partial charge in [0.2, 0.25) is 11.8 Å². The molecule has 1 aliphatic carbocycles. The van der Waals surface area contributed by atoms with Crippen LogP contribution in [0.2, 0.25) is 0 Å². The molecule has 236 valence electrons. The van der Waals surface area contributed by atoms with Crippen molar-refractivity contribution < 1.29 is 28.5 Å². The van der Waals surface area contributed by atoms with E-state index in [1.807, 2.05) is 17.0 Å². The molecular weight excluding hydrogens is 583 g/mol. The molecule has 2 unspecified atom stereocenters. The first-order valence-electron chi connectivity index (χ1n) is 15.7. The van der Waals surface area contributed by atoms with E-state index in [1.165, 1.54) is 6.07 Å². The number of amides is 4. The summed E-state index contributed by atoms with van der Waals surface area (Å²) in [5.74, 6) is -3.04. The third-order valence-electron chi connectivity index (χ3n) is 10.6. The van der Waals surface area contributed by atoms with Gasteiger partial charge >= 0.3 is 0 Å². The smallest absolute Gasteiger partial charge is 0.269 e. The predicted octanol–water partition coefficient (Wildman–Crippen LogP) is 3.10. The van der Waals surface area contributed by atoms with Crippen molar-refractivity contribution in [3.05, 3.63) is 63.5 Å². The number of hydrogen-bond donors (Lipinski definition) is 1. The minimum absolute atomic E-state index is 0.0260. The molecule has 2 aromatic rings. The minimum Gasteiger partial charge on any atom is -0.369 e. The quantitative estimate of drug-likeness (QED) is 0.305. The first kappa shape index (κ1) is 29.3. The van der Waals surface area contributed by atoms with E-state index >= 15 is 4.39 Å². The Kier molecular flexibility index (Phi) is 7.30. The van der Waals surface area contributed by atoms with Crippen LogP contribution in [0.1, 0.15) is 65.7 Å². The third kappa shape index (κ3) is 5.22.